The predicted octanol–water partition coefficient (Wildman–Crippen LogP) is 2.49. The first-order chi connectivity index (χ1) is 12.5. The molecular weight excluding hydrogens is 337 g/mol. The third kappa shape index (κ3) is 3.69. The second kappa shape index (κ2) is 7.56. The van der Waals surface area contributed by atoms with Crippen molar-refractivity contribution in [3.05, 3.63) is 65.5 Å². The second-order valence-corrected chi connectivity index (χ2v) is 6.39. The van der Waals surface area contributed by atoms with E-state index in [1.807, 2.05) is 0 Å². The van der Waals surface area contributed by atoms with Crippen LogP contribution in [0.1, 0.15) is 17.0 Å². The number of halogens is 1. The Morgan fingerprint density at radius 3 is 2.50 bits per heavy atom. The van der Waals surface area contributed by atoms with Gasteiger partial charge in [-0.15, -0.1) is 0 Å². The smallest absolute Gasteiger partial charge is 0.311 e. The van der Waals surface area contributed by atoms with Gasteiger partial charge in [-0.1, -0.05) is 30.3 Å². The first kappa shape index (κ1) is 17.9. The number of hydrogen-bond acceptors (Lipinski definition) is 4. The Kier molecular flexibility index (Phi) is 5.21. The molecule has 5 nitrogen and oxygen atoms in total. The van der Waals surface area contributed by atoms with E-state index in [4.69, 9.17) is 4.74 Å². The van der Waals surface area contributed by atoms with Gasteiger partial charge in [0.05, 0.1) is 19.4 Å². The van der Waals surface area contributed by atoms with Crippen LogP contribution >= 0.6 is 0 Å². The van der Waals surface area contributed by atoms with E-state index >= 15 is 0 Å². The van der Waals surface area contributed by atoms with Crippen molar-refractivity contribution in [2.45, 2.75) is 12.3 Å². The van der Waals surface area contributed by atoms with E-state index in [9.17, 15) is 19.1 Å². The van der Waals surface area contributed by atoms with Crippen molar-refractivity contribution in [3.8, 4) is 5.75 Å². The molecule has 2 atom stereocenters. The fraction of sp³-hybridized carbons (Fsp3) is 0.300. The number of amides is 1. The molecule has 1 saturated heterocycles. The molecule has 1 aliphatic heterocycles. The molecule has 1 heterocycles. The number of carbonyl (C=O) groups excluding carboxylic acids is 2. The highest BCUT2D eigenvalue weighted by atomic mass is 19.1. The molecule has 6 heteroatoms. The number of methoxy groups -OCH3 is 1. The Morgan fingerprint density at radius 1 is 1.15 bits per heavy atom. The summed E-state index contributed by atoms with van der Waals surface area (Å²) in [5, 5.41) is 9.86. The van der Waals surface area contributed by atoms with Gasteiger partial charge in [-0.05, 0) is 23.8 Å². The summed E-state index contributed by atoms with van der Waals surface area (Å²) < 4.78 is 18.1. The van der Waals surface area contributed by atoms with Gasteiger partial charge in [-0.2, -0.15) is 0 Å². The first-order valence-electron chi connectivity index (χ1n) is 8.37. The number of benzene rings is 2. The number of phenolic OH excluding ortho intramolecular Hbond substituents is 1. The number of likely N-dealkylation sites (tertiary alicyclic amines) is 1. The van der Waals surface area contributed by atoms with Crippen LogP contribution in [0.2, 0.25) is 0 Å². The summed E-state index contributed by atoms with van der Waals surface area (Å²) in [6.07, 6.45) is 0.0523. The number of aromatic hydroxyl groups is 1. The largest absolute Gasteiger partial charge is 0.508 e. The maximum Gasteiger partial charge on any atom is 0.311 e. The SMILES string of the molecule is COC(=O)[C@H]1CN(C(=O)Cc2ccccc2O)C[C@@H]1c1ccc(F)cc1. The van der Waals surface area contributed by atoms with Gasteiger partial charge in [0, 0.05) is 24.6 Å². The van der Waals surface area contributed by atoms with Crippen molar-refractivity contribution in [3.63, 3.8) is 0 Å². The van der Waals surface area contributed by atoms with Crippen LogP contribution in [0.3, 0.4) is 0 Å². The van der Waals surface area contributed by atoms with Gasteiger partial charge in [-0.3, -0.25) is 9.59 Å². The molecule has 0 radical (unpaired) electrons. The van der Waals surface area contributed by atoms with E-state index in [0.29, 0.717) is 12.1 Å². The summed E-state index contributed by atoms with van der Waals surface area (Å²) in [6.45, 7) is 0.582. The van der Waals surface area contributed by atoms with Crippen LogP contribution in [0.25, 0.3) is 0 Å². The van der Waals surface area contributed by atoms with Crippen molar-refractivity contribution in [2.24, 2.45) is 5.92 Å². The van der Waals surface area contributed by atoms with E-state index in [2.05, 4.69) is 0 Å². The zero-order valence-corrected chi connectivity index (χ0v) is 14.4. The monoisotopic (exact) mass is 357 g/mol. The molecule has 136 valence electrons. The average Bonchev–Trinajstić information content (AvgIpc) is 3.09. The molecule has 3 rings (SSSR count). The summed E-state index contributed by atoms with van der Waals surface area (Å²) in [4.78, 5) is 26.4. The Bertz CT molecular complexity index is 806. The van der Waals surface area contributed by atoms with Crippen molar-refractivity contribution < 1.29 is 23.8 Å². The van der Waals surface area contributed by atoms with E-state index < -0.39 is 11.9 Å². The van der Waals surface area contributed by atoms with E-state index in [1.54, 1.807) is 35.2 Å². The fourth-order valence-corrected chi connectivity index (χ4v) is 3.38. The number of esters is 1. The number of rotatable bonds is 4. The second-order valence-electron chi connectivity index (χ2n) is 6.39. The third-order valence-corrected chi connectivity index (χ3v) is 4.81. The normalized spacial score (nSPS) is 19.4. The van der Waals surface area contributed by atoms with Gasteiger partial charge in [-0.25, -0.2) is 4.39 Å². The number of hydrogen-bond donors (Lipinski definition) is 1. The minimum absolute atomic E-state index is 0.0523. The molecule has 2 aromatic rings. The molecule has 0 unspecified atom stereocenters. The van der Waals surface area contributed by atoms with Gasteiger partial charge in [0.25, 0.3) is 0 Å². The highest BCUT2D eigenvalue weighted by Gasteiger charge is 2.41. The van der Waals surface area contributed by atoms with Crippen molar-refractivity contribution in [1.29, 1.82) is 0 Å². The lowest BCUT2D eigenvalue weighted by Crippen LogP contribution is -2.31. The van der Waals surface area contributed by atoms with Crippen LogP contribution in [0.5, 0.6) is 5.75 Å². The molecule has 0 spiro atoms. The van der Waals surface area contributed by atoms with Crippen LogP contribution in [-0.4, -0.2) is 42.1 Å². The minimum atomic E-state index is -0.501. The van der Waals surface area contributed by atoms with E-state index in [0.717, 1.165) is 5.56 Å². The Morgan fingerprint density at radius 2 is 1.85 bits per heavy atom. The van der Waals surface area contributed by atoms with Crippen molar-refractivity contribution in [1.82, 2.24) is 4.90 Å². The van der Waals surface area contributed by atoms with Gasteiger partial charge in [0.1, 0.15) is 11.6 Å². The molecule has 0 saturated carbocycles. The van der Waals surface area contributed by atoms with Gasteiger partial charge < -0.3 is 14.7 Å². The van der Waals surface area contributed by atoms with Gasteiger partial charge >= 0.3 is 5.97 Å². The van der Waals surface area contributed by atoms with E-state index in [-0.39, 0.29) is 36.4 Å². The van der Waals surface area contributed by atoms with Crippen LogP contribution in [-0.2, 0) is 20.7 Å². The number of nitrogens with zero attached hydrogens (tertiary/aromatic N) is 1. The lowest BCUT2D eigenvalue weighted by molar-refractivity contribution is -0.145. The molecular formula is C20H20FNO4. The van der Waals surface area contributed by atoms with Crippen molar-refractivity contribution >= 4 is 11.9 Å². The predicted molar refractivity (Wildman–Crippen MR) is 93.0 cm³/mol. The number of para-hydroxylation sites is 1. The number of phenols is 1. The molecule has 0 aliphatic carbocycles. The summed E-state index contributed by atoms with van der Waals surface area (Å²) in [5.41, 5.74) is 1.33. The van der Waals surface area contributed by atoms with Crippen LogP contribution in [0.4, 0.5) is 4.39 Å². The zero-order chi connectivity index (χ0) is 18.7. The summed E-state index contributed by atoms with van der Waals surface area (Å²) in [6, 6.07) is 12.6. The van der Waals surface area contributed by atoms with E-state index in [1.165, 1.54) is 25.3 Å². The molecule has 0 bridgehead atoms. The quantitative estimate of drug-likeness (QED) is 0.854. The molecule has 1 amide bonds. The standard InChI is InChI=1S/C20H20FNO4/c1-26-20(25)17-12-22(11-16(17)13-6-8-15(21)9-7-13)19(24)10-14-4-2-3-5-18(14)23/h2-9,16-17,23H,10-12H2,1H3/t16-,17+/m1/s1. The maximum atomic E-state index is 13.2. The van der Waals surface area contributed by atoms with Crippen LogP contribution < -0.4 is 0 Å². The molecule has 1 fully saturated rings. The molecule has 2 aromatic carbocycles. The minimum Gasteiger partial charge on any atom is -0.508 e. The lowest BCUT2D eigenvalue weighted by Gasteiger charge is -2.17. The Labute approximate surface area is 151 Å². The van der Waals surface area contributed by atoms with Gasteiger partial charge in [0.15, 0.2) is 0 Å². The van der Waals surface area contributed by atoms with Crippen LogP contribution in [0.15, 0.2) is 48.5 Å². The Hall–Kier alpha value is -2.89. The highest BCUT2D eigenvalue weighted by Crippen LogP contribution is 2.34. The molecule has 1 aliphatic rings. The van der Waals surface area contributed by atoms with Gasteiger partial charge in [0.2, 0.25) is 5.91 Å². The fourth-order valence-electron chi connectivity index (χ4n) is 3.38. The maximum absolute atomic E-state index is 13.2. The summed E-state index contributed by atoms with van der Waals surface area (Å²) in [7, 11) is 1.32. The summed E-state index contributed by atoms with van der Waals surface area (Å²) >= 11 is 0. The third-order valence-electron chi connectivity index (χ3n) is 4.81. The van der Waals surface area contributed by atoms with Crippen LogP contribution in [0, 0.1) is 11.7 Å². The summed E-state index contributed by atoms with van der Waals surface area (Å²) in [5.74, 6) is -1.61. The molecule has 26 heavy (non-hydrogen) atoms. The topological polar surface area (TPSA) is 66.8 Å². The zero-order valence-electron chi connectivity index (χ0n) is 14.4. The number of carbonyl (C=O) groups is 2. The van der Waals surface area contributed by atoms with Crippen molar-refractivity contribution in [2.75, 3.05) is 20.2 Å². The Balaban J connectivity index is 1.79. The molecule has 0 aromatic heterocycles. The highest BCUT2D eigenvalue weighted by molar-refractivity contribution is 5.82. The first-order valence-corrected chi connectivity index (χ1v) is 8.37. The molecule has 1 N–H and O–H groups in total. The lowest BCUT2D eigenvalue weighted by atomic mass is 9.89. The average molecular weight is 357 g/mol. The number of ether oxygens (including phenoxy) is 1.